The monoisotopic (exact) mass is 388 g/mol. The molecule has 0 fully saturated rings. The summed E-state index contributed by atoms with van der Waals surface area (Å²) in [6.45, 7) is 0. The van der Waals surface area contributed by atoms with E-state index < -0.39 is 0 Å². The van der Waals surface area contributed by atoms with Gasteiger partial charge in [0.2, 0.25) is 0 Å². The minimum absolute atomic E-state index is 0.330. The highest BCUT2D eigenvalue weighted by Crippen LogP contribution is 2.45. The summed E-state index contributed by atoms with van der Waals surface area (Å²) >= 11 is 1.70. The van der Waals surface area contributed by atoms with E-state index in [-0.39, 0.29) is 0 Å². The molecule has 0 saturated carbocycles. The number of methoxy groups -OCH3 is 2. The minimum atomic E-state index is 0.330. The molecule has 0 aliphatic carbocycles. The summed E-state index contributed by atoms with van der Waals surface area (Å²) < 4.78 is 18.1. The molecule has 0 bridgehead atoms. The Morgan fingerprint density at radius 1 is 0.929 bits per heavy atom. The molecular weight excluding hydrogens is 372 g/mol. The van der Waals surface area contributed by atoms with Gasteiger partial charge < -0.3 is 13.9 Å². The smallest absolute Gasteiger partial charge is 0.316 e. The zero-order valence-electron chi connectivity index (χ0n) is 15.3. The van der Waals surface area contributed by atoms with Crippen molar-refractivity contribution in [1.29, 1.82) is 0 Å². The number of thiophene rings is 1. The van der Waals surface area contributed by atoms with Crippen LogP contribution in [0.1, 0.15) is 0 Å². The third-order valence-electron chi connectivity index (χ3n) is 4.72. The van der Waals surface area contributed by atoms with Gasteiger partial charge in [0.15, 0.2) is 0 Å². The SMILES string of the molecule is COc1ccc2oc(-c3csc4ccccc34)c(-c3cnc(OC)nc3)c2c1. The van der Waals surface area contributed by atoms with Gasteiger partial charge in [-0.2, -0.15) is 0 Å². The van der Waals surface area contributed by atoms with Crippen molar-refractivity contribution in [2.45, 2.75) is 0 Å². The lowest BCUT2D eigenvalue weighted by molar-refractivity contribution is 0.380. The Kier molecular flexibility index (Phi) is 3.98. The largest absolute Gasteiger partial charge is 0.497 e. The molecule has 0 aliphatic rings. The van der Waals surface area contributed by atoms with Crippen LogP contribution in [0.3, 0.4) is 0 Å². The lowest BCUT2D eigenvalue weighted by atomic mass is 10.0. The van der Waals surface area contributed by atoms with Gasteiger partial charge >= 0.3 is 6.01 Å². The standard InChI is InChI=1S/C22H16N2O3S/c1-25-14-7-8-18-16(9-14)20(13-10-23-22(26-2)24-11-13)21(27-18)17-12-28-19-6-4-3-5-15(17)19/h3-12H,1-2H3. The number of rotatable bonds is 4. The quantitative estimate of drug-likeness (QED) is 0.390. The van der Waals surface area contributed by atoms with Crippen molar-refractivity contribution in [3.05, 3.63) is 60.2 Å². The molecule has 0 atom stereocenters. The van der Waals surface area contributed by atoms with Crippen LogP contribution in [0.15, 0.2) is 64.7 Å². The van der Waals surface area contributed by atoms with Crippen LogP contribution in [0, 0.1) is 0 Å². The Morgan fingerprint density at radius 3 is 2.54 bits per heavy atom. The van der Waals surface area contributed by atoms with Gasteiger partial charge in [0, 0.05) is 49.9 Å². The molecule has 2 aromatic carbocycles. The fourth-order valence-electron chi connectivity index (χ4n) is 3.38. The summed E-state index contributed by atoms with van der Waals surface area (Å²) in [4.78, 5) is 8.57. The van der Waals surface area contributed by atoms with Crippen LogP contribution in [-0.2, 0) is 0 Å². The lowest BCUT2D eigenvalue weighted by Crippen LogP contribution is -1.92. The average molecular weight is 388 g/mol. The maximum Gasteiger partial charge on any atom is 0.316 e. The first kappa shape index (κ1) is 16.8. The van der Waals surface area contributed by atoms with Crippen molar-refractivity contribution >= 4 is 32.4 Å². The van der Waals surface area contributed by atoms with Gasteiger partial charge in [-0.05, 0) is 24.3 Å². The molecule has 5 nitrogen and oxygen atoms in total. The Balaban J connectivity index is 1.83. The van der Waals surface area contributed by atoms with Crippen LogP contribution in [0.4, 0.5) is 0 Å². The van der Waals surface area contributed by atoms with E-state index in [1.807, 2.05) is 30.3 Å². The molecule has 0 saturated heterocycles. The van der Waals surface area contributed by atoms with Gasteiger partial charge in [0.05, 0.1) is 14.2 Å². The predicted octanol–water partition coefficient (Wildman–Crippen LogP) is 5.79. The van der Waals surface area contributed by atoms with Crippen molar-refractivity contribution < 1.29 is 13.9 Å². The highest BCUT2D eigenvalue weighted by atomic mass is 32.1. The molecule has 3 aromatic heterocycles. The topological polar surface area (TPSA) is 57.4 Å². The second kappa shape index (κ2) is 6.65. The second-order valence-corrected chi connectivity index (χ2v) is 7.18. The van der Waals surface area contributed by atoms with Crippen molar-refractivity contribution in [3.8, 4) is 34.2 Å². The third-order valence-corrected chi connectivity index (χ3v) is 5.68. The summed E-state index contributed by atoms with van der Waals surface area (Å²) in [6, 6.07) is 14.5. The lowest BCUT2D eigenvalue weighted by Gasteiger charge is -2.04. The number of ether oxygens (including phenoxy) is 2. The average Bonchev–Trinajstić information content (AvgIpc) is 3.34. The second-order valence-electron chi connectivity index (χ2n) is 6.27. The van der Waals surface area contributed by atoms with Crippen LogP contribution in [0.5, 0.6) is 11.8 Å². The fraction of sp³-hybridized carbons (Fsp3) is 0.0909. The molecule has 5 rings (SSSR count). The fourth-order valence-corrected chi connectivity index (χ4v) is 4.33. The summed E-state index contributed by atoms with van der Waals surface area (Å²) in [5.74, 6) is 1.57. The molecule has 6 heteroatoms. The number of fused-ring (bicyclic) bond motifs is 2. The van der Waals surface area contributed by atoms with E-state index >= 15 is 0 Å². The first-order valence-electron chi connectivity index (χ1n) is 8.72. The number of benzene rings is 2. The summed E-state index contributed by atoms with van der Waals surface area (Å²) in [7, 11) is 3.21. The van der Waals surface area contributed by atoms with Crippen molar-refractivity contribution in [3.63, 3.8) is 0 Å². The van der Waals surface area contributed by atoms with Crippen molar-refractivity contribution in [2.75, 3.05) is 14.2 Å². The van der Waals surface area contributed by atoms with E-state index in [2.05, 4.69) is 27.5 Å². The summed E-state index contributed by atoms with van der Waals surface area (Å²) in [6.07, 6.45) is 3.52. The van der Waals surface area contributed by atoms with Gasteiger partial charge in [0.1, 0.15) is 17.1 Å². The van der Waals surface area contributed by atoms with E-state index in [0.717, 1.165) is 44.6 Å². The van der Waals surface area contributed by atoms with Crippen LogP contribution in [0.2, 0.25) is 0 Å². The Bertz CT molecular complexity index is 1290. The van der Waals surface area contributed by atoms with Crippen molar-refractivity contribution in [2.24, 2.45) is 0 Å². The molecule has 5 aromatic rings. The normalized spacial score (nSPS) is 11.2. The predicted molar refractivity (Wildman–Crippen MR) is 111 cm³/mol. The molecule has 138 valence electrons. The van der Waals surface area contributed by atoms with E-state index in [9.17, 15) is 0 Å². The zero-order chi connectivity index (χ0) is 19.1. The first-order chi connectivity index (χ1) is 13.8. The zero-order valence-corrected chi connectivity index (χ0v) is 16.1. The maximum absolute atomic E-state index is 6.33. The first-order valence-corrected chi connectivity index (χ1v) is 9.60. The molecule has 0 unspecified atom stereocenters. The van der Waals surface area contributed by atoms with Crippen molar-refractivity contribution in [1.82, 2.24) is 9.97 Å². The molecule has 0 amide bonds. The van der Waals surface area contributed by atoms with Gasteiger partial charge in [-0.3, -0.25) is 0 Å². The summed E-state index contributed by atoms with van der Waals surface area (Å²) in [5, 5.41) is 4.25. The molecule has 28 heavy (non-hydrogen) atoms. The van der Waals surface area contributed by atoms with Crippen LogP contribution >= 0.6 is 11.3 Å². The molecule has 3 heterocycles. The van der Waals surface area contributed by atoms with E-state index in [0.29, 0.717) is 6.01 Å². The third kappa shape index (κ3) is 2.61. The number of nitrogens with zero attached hydrogens (tertiary/aromatic N) is 2. The molecule has 0 N–H and O–H groups in total. The molecular formula is C22H16N2O3S. The maximum atomic E-state index is 6.33. The van der Waals surface area contributed by atoms with Gasteiger partial charge in [-0.25, -0.2) is 9.97 Å². The van der Waals surface area contributed by atoms with Gasteiger partial charge in [-0.1, -0.05) is 18.2 Å². The number of furan rings is 1. The Labute approximate surface area is 165 Å². The number of hydrogen-bond donors (Lipinski definition) is 0. The Morgan fingerprint density at radius 2 is 1.75 bits per heavy atom. The molecule has 0 aliphatic heterocycles. The highest BCUT2D eigenvalue weighted by Gasteiger charge is 2.21. The number of hydrogen-bond acceptors (Lipinski definition) is 6. The highest BCUT2D eigenvalue weighted by molar-refractivity contribution is 7.17. The van der Waals surface area contributed by atoms with Crippen LogP contribution in [0.25, 0.3) is 43.5 Å². The van der Waals surface area contributed by atoms with Crippen LogP contribution in [-0.4, -0.2) is 24.2 Å². The van der Waals surface area contributed by atoms with E-state index in [1.165, 1.54) is 4.70 Å². The molecule has 0 radical (unpaired) electrons. The van der Waals surface area contributed by atoms with Gasteiger partial charge in [-0.15, -0.1) is 11.3 Å². The van der Waals surface area contributed by atoms with Gasteiger partial charge in [0.25, 0.3) is 0 Å². The van der Waals surface area contributed by atoms with E-state index in [1.54, 1.807) is 38.0 Å². The molecule has 0 spiro atoms. The Hall–Kier alpha value is -3.38. The van der Waals surface area contributed by atoms with Crippen LogP contribution < -0.4 is 9.47 Å². The minimum Gasteiger partial charge on any atom is -0.497 e. The van der Waals surface area contributed by atoms with E-state index in [4.69, 9.17) is 13.9 Å². The summed E-state index contributed by atoms with van der Waals surface area (Å²) in [5.41, 5.74) is 3.65. The number of aromatic nitrogens is 2.